The highest BCUT2D eigenvalue weighted by Crippen LogP contribution is 2.25. The van der Waals surface area contributed by atoms with Crippen molar-refractivity contribution >= 4 is 29.3 Å². The Bertz CT molecular complexity index is 1380. The number of hydrogen-bond acceptors (Lipinski definition) is 9. The quantitative estimate of drug-likeness (QED) is 0.195. The van der Waals surface area contributed by atoms with Gasteiger partial charge in [-0.2, -0.15) is 0 Å². The number of anilines is 1. The van der Waals surface area contributed by atoms with Crippen LogP contribution >= 0.6 is 11.8 Å². The number of aryl methyl sites for hydroxylation is 2. The van der Waals surface area contributed by atoms with Crippen LogP contribution in [0.4, 0.5) is 5.69 Å². The SMILES string of the molecule is CCOC(=O)c1ccc(NC(=O)c2nnn(-c3ccc(OC)cc3)c2CSc2nc(C)cc(C)n2)cc1. The number of carbonyl (C=O) groups excluding carboxylic acids is 2. The van der Waals surface area contributed by atoms with Crippen LogP contribution in [0, 0.1) is 13.8 Å². The van der Waals surface area contributed by atoms with E-state index < -0.39 is 11.9 Å². The smallest absolute Gasteiger partial charge is 0.338 e. The Morgan fingerprint density at radius 3 is 2.30 bits per heavy atom. The van der Waals surface area contributed by atoms with Crippen LogP contribution in [0.1, 0.15) is 44.9 Å². The van der Waals surface area contributed by atoms with Gasteiger partial charge in [0.25, 0.3) is 5.91 Å². The first-order valence-corrected chi connectivity index (χ1v) is 12.5. The number of methoxy groups -OCH3 is 1. The van der Waals surface area contributed by atoms with Crippen molar-refractivity contribution in [1.82, 2.24) is 25.0 Å². The van der Waals surface area contributed by atoms with Crippen molar-refractivity contribution in [3.05, 3.63) is 82.9 Å². The highest BCUT2D eigenvalue weighted by molar-refractivity contribution is 7.98. The number of rotatable bonds is 9. The van der Waals surface area contributed by atoms with Gasteiger partial charge in [0.1, 0.15) is 5.75 Å². The number of nitrogens with one attached hydrogen (secondary N) is 1. The van der Waals surface area contributed by atoms with Crippen molar-refractivity contribution in [2.24, 2.45) is 0 Å². The summed E-state index contributed by atoms with van der Waals surface area (Å²) < 4.78 is 11.9. The maximum Gasteiger partial charge on any atom is 0.338 e. The van der Waals surface area contributed by atoms with Crippen molar-refractivity contribution in [3.8, 4) is 11.4 Å². The fourth-order valence-electron chi connectivity index (χ4n) is 3.52. The molecule has 11 heteroatoms. The molecule has 10 nitrogen and oxygen atoms in total. The first kappa shape index (κ1) is 25.8. The Balaban J connectivity index is 1.61. The summed E-state index contributed by atoms with van der Waals surface area (Å²) in [7, 11) is 1.60. The first-order chi connectivity index (χ1) is 17.9. The van der Waals surface area contributed by atoms with E-state index >= 15 is 0 Å². The second-order valence-corrected chi connectivity index (χ2v) is 8.91. The molecule has 1 N–H and O–H groups in total. The number of hydrogen-bond donors (Lipinski definition) is 1. The predicted molar refractivity (Wildman–Crippen MR) is 139 cm³/mol. The molecule has 4 aromatic rings. The molecule has 0 aliphatic carbocycles. The summed E-state index contributed by atoms with van der Waals surface area (Å²) in [5.41, 5.74) is 4.11. The summed E-state index contributed by atoms with van der Waals surface area (Å²) in [6.45, 7) is 5.85. The molecule has 2 aromatic carbocycles. The van der Waals surface area contributed by atoms with E-state index in [0.717, 1.165) is 17.1 Å². The van der Waals surface area contributed by atoms with Gasteiger partial charge in [0, 0.05) is 22.8 Å². The molecule has 2 heterocycles. The van der Waals surface area contributed by atoms with Crippen LogP contribution in [-0.4, -0.2) is 50.6 Å². The van der Waals surface area contributed by atoms with Gasteiger partial charge < -0.3 is 14.8 Å². The second-order valence-electron chi connectivity index (χ2n) is 7.97. The maximum absolute atomic E-state index is 13.2. The molecular formula is C26H26N6O4S. The van der Waals surface area contributed by atoms with Crippen LogP contribution < -0.4 is 10.1 Å². The van der Waals surface area contributed by atoms with E-state index in [2.05, 4.69) is 25.6 Å². The van der Waals surface area contributed by atoms with Crippen LogP contribution in [-0.2, 0) is 10.5 Å². The lowest BCUT2D eigenvalue weighted by atomic mass is 10.2. The molecule has 0 bridgehead atoms. The van der Waals surface area contributed by atoms with Crippen LogP contribution in [0.3, 0.4) is 0 Å². The van der Waals surface area contributed by atoms with E-state index in [9.17, 15) is 9.59 Å². The van der Waals surface area contributed by atoms with Crippen LogP contribution in [0.2, 0.25) is 0 Å². The lowest BCUT2D eigenvalue weighted by molar-refractivity contribution is 0.0526. The Hall–Kier alpha value is -4.25. The standard InChI is InChI=1S/C26H26N6O4S/c1-5-36-25(34)18-6-8-19(9-7-18)29-24(33)23-22(15-37-26-27-16(2)14-17(3)28-26)32(31-30-23)20-10-12-21(35-4)13-11-20/h6-14H,5,15H2,1-4H3,(H,29,33). The molecule has 0 atom stereocenters. The topological polar surface area (TPSA) is 121 Å². The summed E-state index contributed by atoms with van der Waals surface area (Å²) >= 11 is 1.39. The average molecular weight is 519 g/mol. The van der Waals surface area contributed by atoms with Gasteiger partial charge >= 0.3 is 5.97 Å². The number of carbonyl (C=O) groups is 2. The van der Waals surface area contributed by atoms with Gasteiger partial charge in [-0.3, -0.25) is 4.79 Å². The molecule has 1 amide bonds. The number of nitrogens with zero attached hydrogens (tertiary/aromatic N) is 5. The molecule has 37 heavy (non-hydrogen) atoms. The lowest BCUT2D eigenvalue weighted by Gasteiger charge is -2.10. The normalized spacial score (nSPS) is 10.7. The third-order valence-electron chi connectivity index (χ3n) is 5.25. The second kappa shape index (κ2) is 11.7. The maximum atomic E-state index is 13.2. The van der Waals surface area contributed by atoms with E-state index in [-0.39, 0.29) is 12.3 Å². The van der Waals surface area contributed by atoms with Crippen molar-refractivity contribution in [2.75, 3.05) is 19.0 Å². The Labute approximate surface area is 218 Å². The fourth-order valence-corrected chi connectivity index (χ4v) is 4.47. The lowest BCUT2D eigenvalue weighted by Crippen LogP contribution is -2.15. The molecule has 4 rings (SSSR count). The van der Waals surface area contributed by atoms with E-state index in [1.165, 1.54) is 11.8 Å². The number of ether oxygens (including phenoxy) is 2. The summed E-state index contributed by atoms with van der Waals surface area (Å²) in [5.74, 6) is 0.205. The summed E-state index contributed by atoms with van der Waals surface area (Å²) in [6, 6.07) is 15.7. The number of thioether (sulfide) groups is 1. The van der Waals surface area contributed by atoms with Crippen molar-refractivity contribution in [2.45, 2.75) is 31.7 Å². The molecule has 0 aliphatic rings. The highest BCUT2D eigenvalue weighted by Gasteiger charge is 2.22. The third-order valence-corrected chi connectivity index (χ3v) is 6.11. The number of amides is 1. The van der Waals surface area contributed by atoms with Gasteiger partial charge in [0.05, 0.1) is 30.7 Å². The molecule has 0 radical (unpaired) electrons. The van der Waals surface area contributed by atoms with E-state index in [4.69, 9.17) is 9.47 Å². The Morgan fingerprint density at radius 1 is 1.00 bits per heavy atom. The summed E-state index contributed by atoms with van der Waals surface area (Å²) in [4.78, 5) is 34.1. The zero-order valence-corrected chi connectivity index (χ0v) is 21.7. The molecular weight excluding hydrogens is 492 g/mol. The average Bonchev–Trinajstić information content (AvgIpc) is 3.31. The van der Waals surface area contributed by atoms with Crippen molar-refractivity contribution < 1.29 is 19.1 Å². The minimum Gasteiger partial charge on any atom is -0.497 e. The first-order valence-electron chi connectivity index (χ1n) is 11.5. The molecule has 0 saturated heterocycles. The third kappa shape index (κ3) is 6.31. The van der Waals surface area contributed by atoms with Gasteiger partial charge in [-0.15, -0.1) is 5.10 Å². The van der Waals surface area contributed by atoms with Crippen LogP contribution in [0.25, 0.3) is 5.69 Å². The van der Waals surface area contributed by atoms with Crippen LogP contribution in [0.5, 0.6) is 5.75 Å². The number of benzene rings is 2. The van der Waals surface area contributed by atoms with Crippen molar-refractivity contribution in [1.29, 1.82) is 0 Å². The fraction of sp³-hybridized carbons (Fsp3) is 0.231. The van der Waals surface area contributed by atoms with E-state index in [1.54, 1.807) is 43.0 Å². The summed E-state index contributed by atoms with van der Waals surface area (Å²) in [6.07, 6.45) is 0. The number of esters is 1. The van der Waals surface area contributed by atoms with Crippen molar-refractivity contribution in [3.63, 3.8) is 0 Å². The molecule has 0 fully saturated rings. The van der Waals surface area contributed by atoms with Gasteiger partial charge in [-0.25, -0.2) is 19.4 Å². The molecule has 0 saturated carbocycles. The molecule has 190 valence electrons. The van der Waals surface area contributed by atoms with Gasteiger partial charge in [0.15, 0.2) is 10.9 Å². The Kier molecular flexibility index (Phi) is 8.14. The van der Waals surface area contributed by atoms with Crippen LogP contribution in [0.15, 0.2) is 59.8 Å². The van der Waals surface area contributed by atoms with Gasteiger partial charge in [0.2, 0.25) is 0 Å². The number of aromatic nitrogens is 5. The van der Waals surface area contributed by atoms with E-state index in [0.29, 0.717) is 33.6 Å². The predicted octanol–water partition coefficient (Wildman–Crippen LogP) is 4.40. The minimum atomic E-state index is -0.430. The highest BCUT2D eigenvalue weighted by atomic mass is 32.2. The molecule has 2 aromatic heterocycles. The molecule has 0 spiro atoms. The van der Waals surface area contributed by atoms with E-state index in [1.807, 2.05) is 44.2 Å². The molecule has 0 unspecified atom stereocenters. The van der Waals surface area contributed by atoms with Gasteiger partial charge in [-0.05, 0) is 75.4 Å². The largest absolute Gasteiger partial charge is 0.497 e. The minimum absolute atomic E-state index is 0.169. The molecule has 0 aliphatic heterocycles. The zero-order valence-electron chi connectivity index (χ0n) is 20.9. The monoisotopic (exact) mass is 518 g/mol. The Morgan fingerprint density at radius 2 is 1.68 bits per heavy atom. The summed E-state index contributed by atoms with van der Waals surface area (Å²) in [5, 5.41) is 11.9. The zero-order chi connectivity index (χ0) is 26.4. The van der Waals surface area contributed by atoms with Gasteiger partial charge in [-0.1, -0.05) is 17.0 Å².